The maximum Gasteiger partial charge on any atom is 0.329 e. The number of rotatable bonds is 3. The van der Waals surface area contributed by atoms with Crippen molar-refractivity contribution in [1.29, 1.82) is 0 Å². The summed E-state index contributed by atoms with van der Waals surface area (Å²) in [5, 5.41) is 1.73. The zero-order valence-corrected chi connectivity index (χ0v) is 9.39. The third-order valence-corrected chi connectivity index (χ3v) is 2.74. The molecule has 0 spiro atoms. The molecule has 0 aliphatic rings. The topological polar surface area (TPSA) is 65.2 Å². The fourth-order valence-corrected chi connectivity index (χ4v) is 1.82. The Morgan fingerprint density at radius 3 is 3.08 bits per heavy atom. The van der Waals surface area contributed by atoms with Crippen molar-refractivity contribution < 1.29 is 9.53 Å². The van der Waals surface area contributed by atoms with Crippen LogP contribution < -0.4 is 5.73 Å². The standard InChI is InChI=1S/C7H9BrN2O2S/c1-2-12-6(11)5(9)4-3-13-7(8)10-4/h3,5H,2,9H2,1H3/t5-/m1/s1. The van der Waals surface area contributed by atoms with Crippen molar-refractivity contribution in [3.63, 3.8) is 0 Å². The number of carbonyl (C=O) groups is 1. The van der Waals surface area contributed by atoms with Crippen molar-refractivity contribution in [2.75, 3.05) is 6.61 Å². The molecule has 0 saturated carbocycles. The molecule has 0 fully saturated rings. The van der Waals surface area contributed by atoms with Gasteiger partial charge in [-0.25, -0.2) is 9.78 Å². The number of esters is 1. The summed E-state index contributed by atoms with van der Waals surface area (Å²) in [7, 11) is 0. The molecule has 1 heterocycles. The van der Waals surface area contributed by atoms with E-state index < -0.39 is 12.0 Å². The van der Waals surface area contributed by atoms with Crippen LogP contribution in [0.4, 0.5) is 0 Å². The van der Waals surface area contributed by atoms with Crippen molar-refractivity contribution in [2.45, 2.75) is 13.0 Å². The minimum Gasteiger partial charge on any atom is -0.465 e. The molecule has 4 nitrogen and oxygen atoms in total. The number of hydrogen-bond donors (Lipinski definition) is 1. The molecule has 0 aliphatic carbocycles. The van der Waals surface area contributed by atoms with Crippen LogP contribution in [0.5, 0.6) is 0 Å². The second kappa shape index (κ2) is 4.69. The summed E-state index contributed by atoms with van der Waals surface area (Å²) in [6.07, 6.45) is 0. The average molecular weight is 265 g/mol. The molecule has 1 aromatic heterocycles. The van der Waals surface area contributed by atoms with E-state index in [2.05, 4.69) is 20.9 Å². The number of thiazole rings is 1. The van der Waals surface area contributed by atoms with Crippen LogP contribution in [-0.2, 0) is 9.53 Å². The normalized spacial score (nSPS) is 12.5. The lowest BCUT2D eigenvalue weighted by molar-refractivity contribution is -0.144. The largest absolute Gasteiger partial charge is 0.465 e. The minimum absolute atomic E-state index is 0.331. The van der Waals surface area contributed by atoms with Gasteiger partial charge in [0.25, 0.3) is 0 Å². The summed E-state index contributed by atoms with van der Waals surface area (Å²) >= 11 is 4.57. The van der Waals surface area contributed by atoms with Crippen LogP contribution in [0, 0.1) is 0 Å². The van der Waals surface area contributed by atoms with E-state index in [1.807, 2.05) is 0 Å². The highest BCUT2D eigenvalue weighted by atomic mass is 79.9. The highest BCUT2D eigenvalue weighted by Crippen LogP contribution is 2.20. The van der Waals surface area contributed by atoms with E-state index in [9.17, 15) is 4.79 Å². The molecule has 0 aliphatic heterocycles. The van der Waals surface area contributed by atoms with Crippen molar-refractivity contribution in [3.8, 4) is 0 Å². The van der Waals surface area contributed by atoms with Gasteiger partial charge in [-0.05, 0) is 22.9 Å². The maximum absolute atomic E-state index is 11.2. The van der Waals surface area contributed by atoms with E-state index in [1.165, 1.54) is 11.3 Å². The molecule has 0 radical (unpaired) electrons. The molecular weight excluding hydrogens is 256 g/mol. The predicted molar refractivity (Wildman–Crippen MR) is 53.4 cm³/mol. The van der Waals surface area contributed by atoms with Crippen LogP contribution in [0.15, 0.2) is 9.30 Å². The molecule has 6 heteroatoms. The first-order valence-electron chi connectivity index (χ1n) is 3.68. The van der Waals surface area contributed by atoms with Gasteiger partial charge in [0.2, 0.25) is 0 Å². The molecular formula is C7H9BrN2O2S. The summed E-state index contributed by atoms with van der Waals surface area (Å²) in [4.78, 5) is 15.2. The van der Waals surface area contributed by atoms with Crippen molar-refractivity contribution in [3.05, 3.63) is 15.0 Å². The molecule has 72 valence electrons. The van der Waals surface area contributed by atoms with Gasteiger partial charge in [-0.3, -0.25) is 0 Å². The van der Waals surface area contributed by atoms with Gasteiger partial charge in [-0.2, -0.15) is 0 Å². The summed E-state index contributed by atoms with van der Waals surface area (Å²) in [6.45, 7) is 2.07. The fourth-order valence-electron chi connectivity index (χ4n) is 0.759. The van der Waals surface area contributed by atoms with Gasteiger partial charge in [0.05, 0.1) is 12.3 Å². The molecule has 0 amide bonds. The summed E-state index contributed by atoms with van der Waals surface area (Å²) in [5.41, 5.74) is 6.12. The second-order valence-corrected chi connectivity index (χ2v) is 4.39. The maximum atomic E-state index is 11.2. The van der Waals surface area contributed by atoms with Gasteiger partial charge in [-0.15, -0.1) is 11.3 Å². The van der Waals surface area contributed by atoms with Gasteiger partial charge in [0.1, 0.15) is 6.04 Å². The van der Waals surface area contributed by atoms with E-state index in [-0.39, 0.29) is 0 Å². The molecule has 0 unspecified atom stereocenters. The van der Waals surface area contributed by atoms with E-state index in [0.29, 0.717) is 16.2 Å². The lowest BCUT2D eigenvalue weighted by atomic mass is 10.2. The molecule has 2 N–H and O–H groups in total. The first-order chi connectivity index (χ1) is 6.15. The van der Waals surface area contributed by atoms with E-state index in [4.69, 9.17) is 10.5 Å². The number of aromatic nitrogens is 1. The summed E-state index contributed by atoms with van der Waals surface area (Å²) < 4.78 is 5.46. The van der Waals surface area contributed by atoms with Crippen LogP contribution in [-0.4, -0.2) is 17.6 Å². The highest BCUT2D eigenvalue weighted by Gasteiger charge is 2.19. The Labute approximate surface area is 88.2 Å². The number of hydrogen-bond acceptors (Lipinski definition) is 5. The Kier molecular flexibility index (Phi) is 3.83. The third kappa shape index (κ3) is 2.75. The predicted octanol–water partition coefficient (Wildman–Crippen LogP) is 1.47. The summed E-state index contributed by atoms with van der Waals surface area (Å²) in [5.74, 6) is -0.444. The highest BCUT2D eigenvalue weighted by molar-refractivity contribution is 9.11. The van der Waals surface area contributed by atoms with Gasteiger partial charge in [-0.1, -0.05) is 0 Å². The van der Waals surface area contributed by atoms with Crippen LogP contribution in [0.2, 0.25) is 0 Å². The first kappa shape index (κ1) is 10.6. The minimum atomic E-state index is -0.775. The van der Waals surface area contributed by atoms with E-state index >= 15 is 0 Å². The smallest absolute Gasteiger partial charge is 0.329 e. The molecule has 0 aromatic carbocycles. The first-order valence-corrected chi connectivity index (χ1v) is 5.35. The Hall–Kier alpha value is -0.460. The molecule has 0 saturated heterocycles. The SMILES string of the molecule is CCOC(=O)[C@H](N)c1csc(Br)n1. The molecule has 13 heavy (non-hydrogen) atoms. The van der Waals surface area contributed by atoms with Crippen LogP contribution in [0.25, 0.3) is 0 Å². The van der Waals surface area contributed by atoms with Gasteiger partial charge in [0, 0.05) is 5.38 Å². The van der Waals surface area contributed by atoms with Crippen molar-refractivity contribution >= 4 is 33.2 Å². The third-order valence-electron chi connectivity index (χ3n) is 1.35. The van der Waals surface area contributed by atoms with Crippen LogP contribution in [0.3, 0.4) is 0 Å². The molecule has 1 rings (SSSR count). The zero-order chi connectivity index (χ0) is 9.84. The van der Waals surface area contributed by atoms with Gasteiger partial charge in [0.15, 0.2) is 3.92 Å². The number of nitrogens with two attached hydrogens (primary N) is 1. The Balaban J connectivity index is 2.67. The fraction of sp³-hybridized carbons (Fsp3) is 0.429. The van der Waals surface area contributed by atoms with Gasteiger partial charge >= 0.3 is 5.97 Å². The number of ether oxygens (including phenoxy) is 1. The lowest BCUT2D eigenvalue weighted by Crippen LogP contribution is -2.23. The number of carbonyl (C=O) groups excluding carboxylic acids is 1. The molecule has 1 aromatic rings. The zero-order valence-electron chi connectivity index (χ0n) is 6.99. The Bertz CT molecular complexity index is 302. The monoisotopic (exact) mass is 264 g/mol. The Morgan fingerprint density at radius 2 is 2.62 bits per heavy atom. The van der Waals surface area contributed by atoms with Gasteiger partial charge < -0.3 is 10.5 Å². The van der Waals surface area contributed by atoms with Crippen LogP contribution >= 0.6 is 27.3 Å². The average Bonchev–Trinajstić information content (AvgIpc) is 2.51. The van der Waals surface area contributed by atoms with E-state index in [0.717, 1.165) is 0 Å². The van der Waals surface area contributed by atoms with E-state index in [1.54, 1.807) is 12.3 Å². The van der Waals surface area contributed by atoms with Crippen molar-refractivity contribution in [2.24, 2.45) is 5.73 Å². The van der Waals surface area contributed by atoms with Crippen LogP contribution in [0.1, 0.15) is 18.7 Å². The Morgan fingerprint density at radius 1 is 1.92 bits per heavy atom. The summed E-state index contributed by atoms with van der Waals surface area (Å²) in [6, 6.07) is -0.775. The molecule has 1 atom stereocenters. The lowest BCUT2D eigenvalue weighted by Gasteiger charge is -2.06. The number of nitrogens with zero attached hydrogens (tertiary/aromatic N) is 1. The quantitative estimate of drug-likeness (QED) is 0.840. The number of halogens is 1. The van der Waals surface area contributed by atoms with Crippen molar-refractivity contribution in [1.82, 2.24) is 4.98 Å². The molecule has 0 bridgehead atoms. The second-order valence-electron chi connectivity index (χ2n) is 2.26.